The molecule has 0 spiro atoms. The predicted molar refractivity (Wildman–Crippen MR) is 64.3 cm³/mol. The van der Waals surface area contributed by atoms with Crippen LogP contribution in [0.4, 0.5) is 13.2 Å². The van der Waals surface area contributed by atoms with Crippen LogP contribution in [-0.4, -0.2) is 37.3 Å². The van der Waals surface area contributed by atoms with E-state index in [1.165, 1.54) is 11.1 Å². The lowest BCUT2D eigenvalue weighted by atomic mass is 10.00. The third-order valence-corrected chi connectivity index (χ3v) is 3.14. The largest absolute Gasteiger partial charge is 0.401 e. The van der Waals surface area contributed by atoms with Gasteiger partial charge >= 0.3 is 6.18 Å². The average Bonchev–Trinajstić information content (AvgIpc) is 2.33. The number of nitrogens with zero attached hydrogens (tertiary/aromatic N) is 1. The van der Waals surface area contributed by atoms with Gasteiger partial charge in [-0.2, -0.15) is 13.2 Å². The van der Waals surface area contributed by atoms with Crippen LogP contribution >= 0.6 is 0 Å². The maximum absolute atomic E-state index is 11.9. The quantitative estimate of drug-likeness (QED) is 0.833. The minimum atomic E-state index is -4.12. The molecule has 2 rings (SSSR count). The molecule has 5 heteroatoms. The summed E-state index contributed by atoms with van der Waals surface area (Å²) in [5.74, 6) is 0. The summed E-state index contributed by atoms with van der Waals surface area (Å²) in [5, 5.41) is 2.43. The van der Waals surface area contributed by atoms with E-state index in [1.807, 2.05) is 12.1 Å². The Kier molecular flexibility index (Phi) is 4.24. The molecule has 0 aromatic heterocycles. The SMILES string of the molecule is FC(F)(F)CNCCN1CCc2ccccc2C1. The summed E-state index contributed by atoms with van der Waals surface area (Å²) >= 11 is 0. The molecule has 1 aliphatic heterocycles. The summed E-state index contributed by atoms with van der Waals surface area (Å²) in [6.45, 7) is 1.89. The Morgan fingerprint density at radius 3 is 2.61 bits per heavy atom. The van der Waals surface area contributed by atoms with Crippen molar-refractivity contribution >= 4 is 0 Å². The molecule has 1 N–H and O–H groups in total. The molecule has 1 aliphatic rings. The molecule has 1 aromatic carbocycles. The Labute approximate surface area is 105 Å². The standard InChI is InChI=1S/C13H17F3N2/c14-13(15,16)10-17-6-8-18-7-5-11-3-1-2-4-12(11)9-18/h1-4,17H,5-10H2. The van der Waals surface area contributed by atoms with Gasteiger partial charge in [0.05, 0.1) is 6.54 Å². The van der Waals surface area contributed by atoms with Gasteiger partial charge in [-0.15, -0.1) is 0 Å². The third kappa shape index (κ3) is 3.99. The Balaban J connectivity index is 1.73. The van der Waals surface area contributed by atoms with E-state index in [4.69, 9.17) is 0 Å². The number of nitrogens with one attached hydrogen (secondary N) is 1. The van der Waals surface area contributed by atoms with Gasteiger partial charge in [-0.25, -0.2) is 0 Å². The van der Waals surface area contributed by atoms with Crippen LogP contribution in [0, 0.1) is 0 Å². The van der Waals surface area contributed by atoms with E-state index >= 15 is 0 Å². The molecule has 0 atom stereocenters. The van der Waals surface area contributed by atoms with E-state index in [0.717, 1.165) is 19.5 Å². The molecular weight excluding hydrogens is 241 g/mol. The monoisotopic (exact) mass is 258 g/mol. The van der Waals surface area contributed by atoms with Crippen LogP contribution in [0.1, 0.15) is 11.1 Å². The van der Waals surface area contributed by atoms with Crippen molar-refractivity contribution in [1.29, 1.82) is 0 Å². The van der Waals surface area contributed by atoms with Crippen LogP contribution in [0.3, 0.4) is 0 Å². The number of benzene rings is 1. The van der Waals surface area contributed by atoms with Crippen LogP contribution in [0.15, 0.2) is 24.3 Å². The Morgan fingerprint density at radius 1 is 1.17 bits per heavy atom. The summed E-state index contributed by atoms with van der Waals surface area (Å²) in [5.41, 5.74) is 2.65. The second-order valence-corrected chi connectivity index (χ2v) is 4.59. The minimum absolute atomic E-state index is 0.377. The fraction of sp³-hybridized carbons (Fsp3) is 0.538. The topological polar surface area (TPSA) is 15.3 Å². The molecule has 0 aliphatic carbocycles. The van der Waals surface area contributed by atoms with Crippen molar-refractivity contribution in [3.05, 3.63) is 35.4 Å². The van der Waals surface area contributed by atoms with Crippen molar-refractivity contribution in [2.75, 3.05) is 26.2 Å². The second-order valence-electron chi connectivity index (χ2n) is 4.59. The van der Waals surface area contributed by atoms with Gasteiger partial charge in [0.1, 0.15) is 0 Å². The first-order valence-corrected chi connectivity index (χ1v) is 6.11. The Morgan fingerprint density at radius 2 is 1.89 bits per heavy atom. The predicted octanol–water partition coefficient (Wildman–Crippen LogP) is 2.20. The molecule has 0 saturated heterocycles. The van der Waals surface area contributed by atoms with E-state index in [2.05, 4.69) is 22.3 Å². The van der Waals surface area contributed by atoms with E-state index in [-0.39, 0.29) is 0 Å². The summed E-state index contributed by atoms with van der Waals surface area (Å²) in [6.07, 6.45) is -3.13. The summed E-state index contributed by atoms with van der Waals surface area (Å²) in [7, 11) is 0. The highest BCUT2D eigenvalue weighted by atomic mass is 19.4. The first-order valence-electron chi connectivity index (χ1n) is 6.11. The molecule has 1 heterocycles. The van der Waals surface area contributed by atoms with E-state index in [1.54, 1.807) is 0 Å². The molecule has 0 bridgehead atoms. The van der Waals surface area contributed by atoms with Crippen LogP contribution in [-0.2, 0) is 13.0 Å². The zero-order valence-electron chi connectivity index (χ0n) is 10.1. The summed E-state index contributed by atoms with van der Waals surface area (Å²) in [6, 6.07) is 8.24. The third-order valence-electron chi connectivity index (χ3n) is 3.14. The normalized spacial score (nSPS) is 16.6. The maximum Gasteiger partial charge on any atom is 0.401 e. The van der Waals surface area contributed by atoms with Crippen molar-refractivity contribution in [3.63, 3.8) is 0 Å². The number of rotatable bonds is 4. The van der Waals surface area contributed by atoms with Gasteiger partial charge in [-0.3, -0.25) is 4.90 Å². The zero-order valence-corrected chi connectivity index (χ0v) is 10.1. The van der Waals surface area contributed by atoms with Gasteiger partial charge in [0.25, 0.3) is 0 Å². The van der Waals surface area contributed by atoms with E-state index in [9.17, 15) is 13.2 Å². The van der Waals surface area contributed by atoms with Crippen LogP contribution in [0.25, 0.3) is 0 Å². The second kappa shape index (κ2) is 5.71. The lowest BCUT2D eigenvalue weighted by Crippen LogP contribution is -2.38. The van der Waals surface area contributed by atoms with Gasteiger partial charge in [0.2, 0.25) is 0 Å². The van der Waals surface area contributed by atoms with Gasteiger partial charge in [0, 0.05) is 26.2 Å². The van der Waals surface area contributed by atoms with E-state index in [0.29, 0.717) is 13.1 Å². The Bertz CT molecular complexity index is 390. The van der Waals surface area contributed by atoms with Crippen molar-refractivity contribution in [1.82, 2.24) is 10.2 Å². The van der Waals surface area contributed by atoms with Gasteiger partial charge in [-0.1, -0.05) is 24.3 Å². The zero-order chi connectivity index (χ0) is 13.0. The number of fused-ring (bicyclic) bond motifs is 1. The first kappa shape index (κ1) is 13.4. The number of hydrogen-bond acceptors (Lipinski definition) is 2. The highest BCUT2D eigenvalue weighted by molar-refractivity contribution is 5.28. The molecule has 100 valence electrons. The van der Waals surface area contributed by atoms with Gasteiger partial charge in [-0.05, 0) is 17.5 Å². The van der Waals surface area contributed by atoms with Crippen molar-refractivity contribution in [2.24, 2.45) is 0 Å². The van der Waals surface area contributed by atoms with E-state index < -0.39 is 12.7 Å². The fourth-order valence-corrected chi connectivity index (χ4v) is 2.21. The van der Waals surface area contributed by atoms with Crippen LogP contribution in [0.5, 0.6) is 0 Å². The fourth-order valence-electron chi connectivity index (χ4n) is 2.21. The molecule has 2 nitrogen and oxygen atoms in total. The Hall–Kier alpha value is -1.07. The van der Waals surface area contributed by atoms with Crippen LogP contribution < -0.4 is 5.32 Å². The maximum atomic E-state index is 11.9. The minimum Gasteiger partial charge on any atom is -0.307 e. The highest BCUT2D eigenvalue weighted by Crippen LogP contribution is 2.17. The molecule has 0 unspecified atom stereocenters. The molecule has 18 heavy (non-hydrogen) atoms. The number of hydrogen-bond donors (Lipinski definition) is 1. The lowest BCUT2D eigenvalue weighted by Gasteiger charge is -2.28. The average molecular weight is 258 g/mol. The molecular formula is C13H17F3N2. The summed E-state index contributed by atoms with van der Waals surface area (Å²) < 4.78 is 35.8. The lowest BCUT2D eigenvalue weighted by molar-refractivity contribution is -0.124. The molecule has 0 saturated carbocycles. The summed E-state index contributed by atoms with van der Waals surface area (Å²) in [4.78, 5) is 2.19. The first-order chi connectivity index (χ1) is 8.54. The molecule has 0 fully saturated rings. The number of halogens is 3. The van der Waals surface area contributed by atoms with Crippen LogP contribution in [0.2, 0.25) is 0 Å². The van der Waals surface area contributed by atoms with Gasteiger partial charge in [0.15, 0.2) is 0 Å². The molecule has 0 amide bonds. The molecule has 1 aromatic rings. The molecule has 0 radical (unpaired) electrons. The smallest absolute Gasteiger partial charge is 0.307 e. The van der Waals surface area contributed by atoms with Crippen molar-refractivity contribution in [2.45, 2.75) is 19.1 Å². The van der Waals surface area contributed by atoms with Crippen molar-refractivity contribution < 1.29 is 13.2 Å². The van der Waals surface area contributed by atoms with Crippen molar-refractivity contribution in [3.8, 4) is 0 Å². The highest BCUT2D eigenvalue weighted by Gasteiger charge is 2.26. The number of alkyl halides is 3. The van der Waals surface area contributed by atoms with Gasteiger partial charge < -0.3 is 5.32 Å².